The summed E-state index contributed by atoms with van der Waals surface area (Å²) in [6.07, 6.45) is 12.8. The van der Waals surface area contributed by atoms with E-state index in [0.29, 0.717) is 0 Å². The van der Waals surface area contributed by atoms with Crippen LogP contribution in [0.5, 0.6) is 0 Å². The smallest absolute Gasteiger partial charge is 0.0251 e. The van der Waals surface area contributed by atoms with Crippen molar-refractivity contribution < 1.29 is 0 Å². The van der Waals surface area contributed by atoms with E-state index in [-0.39, 0.29) is 0 Å². The van der Waals surface area contributed by atoms with Gasteiger partial charge in [-0.1, -0.05) is 32.6 Å². The molecule has 2 aliphatic rings. The zero-order valence-electron chi connectivity index (χ0n) is 12.5. The highest BCUT2D eigenvalue weighted by atomic mass is 15.2. The molecule has 2 rings (SSSR count). The standard InChI is InChI=1S/C16H32N2/c1-3-14-9-10-15(17-2)16(13-14)18-11-7-5-4-6-8-12-18/h14-17H,3-13H2,1-2H3. The van der Waals surface area contributed by atoms with E-state index in [4.69, 9.17) is 0 Å². The van der Waals surface area contributed by atoms with Crippen LogP contribution in [-0.2, 0) is 0 Å². The highest BCUT2D eigenvalue weighted by Crippen LogP contribution is 2.31. The van der Waals surface area contributed by atoms with E-state index < -0.39 is 0 Å². The summed E-state index contributed by atoms with van der Waals surface area (Å²) in [5.74, 6) is 0.977. The normalized spacial score (nSPS) is 36.0. The minimum atomic E-state index is 0.743. The van der Waals surface area contributed by atoms with Gasteiger partial charge in [0.2, 0.25) is 0 Å². The second kappa shape index (κ2) is 7.49. The van der Waals surface area contributed by atoms with Crippen LogP contribution in [0, 0.1) is 5.92 Å². The maximum atomic E-state index is 3.59. The van der Waals surface area contributed by atoms with Crippen molar-refractivity contribution in [3.05, 3.63) is 0 Å². The molecule has 3 unspecified atom stereocenters. The molecule has 0 aromatic rings. The van der Waals surface area contributed by atoms with E-state index in [1.165, 1.54) is 70.9 Å². The number of rotatable bonds is 3. The zero-order chi connectivity index (χ0) is 12.8. The van der Waals surface area contributed by atoms with E-state index in [2.05, 4.69) is 24.2 Å². The summed E-state index contributed by atoms with van der Waals surface area (Å²) in [4.78, 5) is 2.82. The molecule has 3 atom stereocenters. The molecule has 1 heterocycles. The topological polar surface area (TPSA) is 15.3 Å². The monoisotopic (exact) mass is 252 g/mol. The van der Waals surface area contributed by atoms with Crippen LogP contribution in [0.2, 0.25) is 0 Å². The Morgan fingerprint density at radius 3 is 2.28 bits per heavy atom. The van der Waals surface area contributed by atoms with Gasteiger partial charge < -0.3 is 5.32 Å². The van der Waals surface area contributed by atoms with Crippen LogP contribution in [0.15, 0.2) is 0 Å². The minimum absolute atomic E-state index is 0.743. The van der Waals surface area contributed by atoms with Crippen LogP contribution in [0.25, 0.3) is 0 Å². The van der Waals surface area contributed by atoms with Crippen molar-refractivity contribution in [3.8, 4) is 0 Å². The molecular weight excluding hydrogens is 220 g/mol. The Kier molecular flexibility index (Phi) is 5.97. The molecule has 1 N–H and O–H groups in total. The predicted molar refractivity (Wildman–Crippen MR) is 78.9 cm³/mol. The first-order chi connectivity index (χ1) is 8.85. The van der Waals surface area contributed by atoms with Gasteiger partial charge in [-0.2, -0.15) is 0 Å². The number of likely N-dealkylation sites (tertiary alicyclic amines) is 1. The summed E-state index contributed by atoms with van der Waals surface area (Å²) in [5.41, 5.74) is 0. The second-order valence-corrected chi connectivity index (χ2v) is 6.35. The third-order valence-corrected chi connectivity index (χ3v) is 5.23. The fourth-order valence-electron chi connectivity index (χ4n) is 3.95. The molecule has 0 aromatic carbocycles. The molecule has 1 saturated heterocycles. The van der Waals surface area contributed by atoms with Crippen LogP contribution < -0.4 is 5.32 Å². The lowest BCUT2D eigenvalue weighted by Crippen LogP contribution is -2.53. The van der Waals surface area contributed by atoms with Crippen molar-refractivity contribution >= 4 is 0 Å². The van der Waals surface area contributed by atoms with E-state index in [1.54, 1.807) is 0 Å². The van der Waals surface area contributed by atoms with Gasteiger partial charge in [-0.25, -0.2) is 0 Å². The maximum absolute atomic E-state index is 3.59. The van der Waals surface area contributed by atoms with Crippen molar-refractivity contribution in [2.24, 2.45) is 5.92 Å². The third kappa shape index (κ3) is 3.71. The third-order valence-electron chi connectivity index (χ3n) is 5.23. The Bertz CT molecular complexity index is 221. The van der Waals surface area contributed by atoms with Gasteiger partial charge in [-0.05, 0) is 58.2 Å². The molecule has 2 fully saturated rings. The van der Waals surface area contributed by atoms with Crippen LogP contribution in [-0.4, -0.2) is 37.1 Å². The molecular formula is C16H32N2. The van der Waals surface area contributed by atoms with E-state index in [0.717, 1.165) is 18.0 Å². The Labute approximate surface area is 114 Å². The van der Waals surface area contributed by atoms with Crippen molar-refractivity contribution in [1.82, 2.24) is 10.2 Å². The summed E-state index contributed by atoms with van der Waals surface area (Å²) < 4.78 is 0. The lowest BCUT2D eigenvalue weighted by atomic mass is 9.80. The van der Waals surface area contributed by atoms with Gasteiger partial charge in [-0.15, -0.1) is 0 Å². The second-order valence-electron chi connectivity index (χ2n) is 6.35. The van der Waals surface area contributed by atoms with Gasteiger partial charge >= 0.3 is 0 Å². The van der Waals surface area contributed by atoms with E-state index in [9.17, 15) is 0 Å². The molecule has 1 aliphatic heterocycles. The molecule has 18 heavy (non-hydrogen) atoms. The van der Waals surface area contributed by atoms with Crippen LogP contribution in [0.1, 0.15) is 64.7 Å². The Balaban J connectivity index is 1.96. The minimum Gasteiger partial charge on any atom is -0.315 e. The SMILES string of the molecule is CCC1CCC(NC)C(N2CCCCCCC2)C1. The average Bonchev–Trinajstić information content (AvgIpc) is 2.38. The Hall–Kier alpha value is -0.0800. The lowest BCUT2D eigenvalue weighted by Gasteiger charge is -2.43. The molecule has 106 valence electrons. The van der Waals surface area contributed by atoms with Gasteiger partial charge in [0.1, 0.15) is 0 Å². The first kappa shape index (κ1) is 14.3. The highest BCUT2D eigenvalue weighted by Gasteiger charge is 2.32. The van der Waals surface area contributed by atoms with Gasteiger partial charge in [0.25, 0.3) is 0 Å². The summed E-state index contributed by atoms with van der Waals surface area (Å²) in [6, 6.07) is 1.55. The summed E-state index contributed by atoms with van der Waals surface area (Å²) in [6.45, 7) is 5.06. The summed E-state index contributed by atoms with van der Waals surface area (Å²) in [5, 5.41) is 3.59. The van der Waals surface area contributed by atoms with Crippen LogP contribution in [0.4, 0.5) is 0 Å². The van der Waals surface area contributed by atoms with E-state index in [1.807, 2.05) is 0 Å². The molecule has 0 radical (unpaired) electrons. The quantitative estimate of drug-likeness (QED) is 0.828. The number of nitrogens with zero attached hydrogens (tertiary/aromatic N) is 1. The molecule has 1 saturated carbocycles. The molecule has 0 amide bonds. The van der Waals surface area contributed by atoms with Crippen molar-refractivity contribution in [2.45, 2.75) is 76.8 Å². The number of hydrogen-bond acceptors (Lipinski definition) is 2. The van der Waals surface area contributed by atoms with E-state index >= 15 is 0 Å². The van der Waals surface area contributed by atoms with Gasteiger partial charge in [0.05, 0.1) is 0 Å². The highest BCUT2D eigenvalue weighted by molar-refractivity contribution is 4.90. The fourth-order valence-corrected chi connectivity index (χ4v) is 3.95. The lowest BCUT2D eigenvalue weighted by molar-refractivity contribution is 0.0906. The molecule has 0 spiro atoms. The van der Waals surface area contributed by atoms with Crippen LogP contribution >= 0.6 is 0 Å². The molecule has 0 aromatic heterocycles. The van der Waals surface area contributed by atoms with Crippen molar-refractivity contribution in [3.63, 3.8) is 0 Å². The number of nitrogens with one attached hydrogen (secondary N) is 1. The van der Waals surface area contributed by atoms with Gasteiger partial charge in [-0.3, -0.25) is 4.90 Å². The molecule has 1 aliphatic carbocycles. The summed E-state index contributed by atoms with van der Waals surface area (Å²) in [7, 11) is 2.16. The zero-order valence-corrected chi connectivity index (χ0v) is 12.5. The first-order valence-electron chi connectivity index (χ1n) is 8.26. The summed E-state index contributed by atoms with van der Waals surface area (Å²) >= 11 is 0. The fraction of sp³-hybridized carbons (Fsp3) is 1.00. The van der Waals surface area contributed by atoms with Crippen molar-refractivity contribution in [1.29, 1.82) is 0 Å². The maximum Gasteiger partial charge on any atom is 0.0251 e. The average molecular weight is 252 g/mol. The molecule has 2 nitrogen and oxygen atoms in total. The Morgan fingerprint density at radius 2 is 1.67 bits per heavy atom. The van der Waals surface area contributed by atoms with Gasteiger partial charge in [0, 0.05) is 12.1 Å². The van der Waals surface area contributed by atoms with Gasteiger partial charge in [0.15, 0.2) is 0 Å². The molecule has 2 heteroatoms. The first-order valence-corrected chi connectivity index (χ1v) is 8.26. The Morgan fingerprint density at radius 1 is 1.00 bits per heavy atom. The van der Waals surface area contributed by atoms with Crippen molar-refractivity contribution in [2.75, 3.05) is 20.1 Å². The number of hydrogen-bond donors (Lipinski definition) is 1. The predicted octanol–water partition coefficient (Wildman–Crippen LogP) is 3.42. The molecule has 0 bridgehead atoms. The number of likely N-dealkylation sites (N-methyl/N-ethyl adjacent to an activating group) is 1. The van der Waals surface area contributed by atoms with Crippen LogP contribution in [0.3, 0.4) is 0 Å². The largest absolute Gasteiger partial charge is 0.315 e.